The van der Waals surface area contributed by atoms with Gasteiger partial charge in [0.25, 0.3) is 5.91 Å². The highest BCUT2D eigenvalue weighted by Crippen LogP contribution is 2.33. The van der Waals surface area contributed by atoms with E-state index < -0.39 is 0 Å². The quantitative estimate of drug-likeness (QED) is 0.831. The normalized spacial score (nSPS) is 28.4. The highest BCUT2D eigenvalue weighted by atomic mass is 16.5. The predicted molar refractivity (Wildman–Crippen MR) is 78.0 cm³/mol. The lowest BCUT2D eigenvalue weighted by molar-refractivity contribution is -0.138. The molecule has 118 valence electrons. The summed E-state index contributed by atoms with van der Waals surface area (Å²) in [4.78, 5) is 29.1. The number of aromatic nitrogens is 1. The highest BCUT2D eigenvalue weighted by Gasteiger charge is 2.41. The molecule has 5 rings (SSSR count). The van der Waals surface area contributed by atoms with Crippen LogP contribution >= 0.6 is 0 Å². The van der Waals surface area contributed by atoms with E-state index in [0.29, 0.717) is 24.1 Å². The van der Waals surface area contributed by atoms with E-state index in [-0.39, 0.29) is 17.9 Å². The molecule has 1 aliphatic carbocycles. The van der Waals surface area contributed by atoms with Crippen LogP contribution in [-0.2, 0) is 4.79 Å². The summed E-state index contributed by atoms with van der Waals surface area (Å²) in [6.45, 7) is 2.20. The van der Waals surface area contributed by atoms with Crippen molar-refractivity contribution in [2.75, 3.05) is 19.6 Å². The van der Waals surface area contributed by atoms with Crippen molar-refractivity contribution in [1.82, 2.24) is 15.0 Å². The van der Waals surface area contributed by atoms with E-state index in [1.807, 2.05) is 9.80 Å². The number of hydrogen-bond acceptors (Lipinski definition) is 4. The molecule has 1 aromatic heterocycles. The van der Waals surface area contributed by atoms with Crippen LogP contribution in [0.1, 0.15) is 42.6 Å². The summed E-state index contributed by atoms with van der Waals surface area (Å²) in [5, 5.41) is 3.76. The van der Waals surface area contributed by atoms with E-state index in [9.17, 15) is 9.59 Å². The number of carbonyl (C=O) groups is 2. The van der Waals surface area contributed by atoms with E-state index in [2.05, 4.69) is 5.16 Å². The van der Waals surface area contributed by atoms with Gasteiger partial charge in [0.2, 0.25) is 5.91 Å². The fourth-order valence-corrected chi connectivity index (χ4v) is 3.89. The van der Waals surface area contributed by atoms with E-state index in [0.717, 1.165) is 38.8 Å². The maximum absolute atomic E-state index is 12.6. The summed E-state index contributed by atoms with van der Waals surface area (Å²) in [7, 11) is 0. The molecular weight excluding hydrogens is 282 g/mol. The first kappa shape index (κ1) is 13.8. The van der Waals surface area contributed by atoms with Crippen molar-refractivity contribution in [2.24, 2.45) is 11.8 Å². The molecule has 2 atom stereocenters. The average molecular weight is 303 g/mol. The minimum absolute atomic E-state index is 0.0682. The topological polar surface area (TPSA) is 66.7 Å². The van der Waals surface area contributed by atoms with E-state index in [1.165, 1.54) is 12.7 Å². The smallest absolute Gasteiger partial charge is 0.276 e. The molecule has 2 amide bonds. The van der Waals surface area contributed by atoms with Crippen molar-refractivity contribution in [2.45, 2.75) is 38.1 Å². The standard InChI is InChI=1S/C16H21N3O3/c20-15(12-2-1-3-12)18-8-11-4-5-13(10-18)19(9-11)16(21)14-6-7-22-17-14/h6-7,11-13H,1-5,8-10H2/t11-,13+/m0/s1. The van der Waals surface area contributed by atoms with Gasteiger partial charge in [-0.1, -0.05) is 11.6 Å². The summed E-state index contributed by atoms with van der Waals surface area (Å²) >= 11 is 0. The third-order valence-electron chi connectivity index (χ3n) is 5.40. The predicted octanol–water partition coefficient (Wildman–Crippen LogP) is 1.54. The third kappa shape index (κ3) is 2.30. The number of amides is 2. The molecule has 3 aliphatic heterocycles. The lowest BCUT2D eigenvalue weighted by atomic mass is 9.84. The van der Waals surface area contributed by atoms with Crippen molar-refractivity contribution in [3.05, 3.63) is 18.0 Å². The van der Waals surface area contributed by atoms with Crippen molar-refractivity contribution in [3.63, 3.8) is 0 Å². The molecule has 22 heavy (non-hydrogen) atoms. The Morgan fingerprint density at radius 1 is 1.14 bits per heavy atom. The van der Waals surface area contributed by atoms with Crippen LogP contribution in [0.15, 0.2) is 16.9 Å². The molecule has 3 saturated heterocycles. The van der Waals surface area contributed by atoms with Gasteiger partial charge in [0.1, 0.15) is 6.26 Å². The van der Waals surface area contributed by atoms with Crippen LogP contribution in [0.3, 0.4) is 0 Å². The number of rotatable bonds is 2. The number of carbonyl (C=O) groups excluding carboxylic acids is 2. The minimum Gasteiger partial charge on any atom is -0.364 e. The summed E-state index contributed by atoms with van der Waals surface area (Å²) in [5.74, 6) is 0.857. The average Bonchev–Trinajstić information content (AvgIpc) is 2.84. The molecule has 0 N–H and O–H groups in total. The second-order valence-electron chi connectivity index (χ2n) is 6.81. The van der Waals surface area contributed by atoms with Gasteiger partial charge < -0.3 is 14.3 Å². The van der Waals surface area contributed by atoms with Gasteiger partial charge >= 0.3 is 0 Å². The lowest BCUT2D eigenvalue weighted by Crippen LogP contribution is -2.48. The second-order valence-corrected chi connectivity index (χ2v) is 6.81. The van der Waals surface area contributed by atoms with Gasteiger partial charge in [-0.3, -0.25) is 9.59 Å². The van der Waals surface area contributed by atoms with Gasteiger partial charge in [0.05, 0.1) is 0 Å². The van der Waals surface area contributed by atoms with Crippen LogP contribution in [0.4, 0.5) is 0 Å². The maximum Gasteiger partial charge on any atom is 0.276 e. The first-order valence-electron chi connectivity index (χ1n) is 8.22. The van der Waals surface area contributed by atoms with E-state index >= 15 is 0 Å². The number of hydrogen-bond donors (Lipinski definition) is 0. The van der Waals surface area contributed by atoms with Crippen molar-refractivity contribution < 1.29 is 14.1 Å². The molecule has 1 saturated carbocycles. The fraction of sp³-hybridized carbons (Fsp3) is 0.688. The van der Waals surface area contributed by atoms with Gasteiger partial charge in [-0.2, -0.15) is 0 Å². The summed E-state index contributed by atoms with van der Waals surface area (Å²) in [5.41, 5.74) is 0.365. The maximum atomic E-state index is 12.6. The van der Waals surface area contributed by atoms with Crippen LogP contribution in [0.5, 0.6) is 0 Å². The zero-order valence-electron chi connectivity index (χ0n) is 12.6. The molecule has 0 aromatic carbocycles. The van der Waals surface area contributed by atoms with Crippen LogP contribution in [0, 0.1) is 11.8 Å². The summed E-state index contributed by atoms with van der Waals surface area (Å²) in [6, 6.07) is 1.73. The molecule has 0 unspecified atom stereocenters. The Bertz CT molecular complexity index is 567. The van der Waals surface area contributed by atoms with Gasteiger partial charge in [-0.15, -0.1) is 0 Å². The molecule has 4 aliphatic rings. The molecule has 2 bridgehead atoms. The monoisotopic (exact) mass is 303 g/mol. The van der Waals surface area contributed by atoms with Gasteiger partial charge in [0.15, 0.2) is 5.69 Å². The zero-order valence-corrected chi connectivity index (χ0v) is 12.6. The molecule has 4 heterocycles. The number of nitrogens with zero attached hydrogens (tertiary/aromatic N) is 3. The van der Waals surface area contributed by atoms with Crippen molar-refractivity contribution in [1.29, 1.82) is 0 Å². The van der Waals surface area contributed by atoms with Crippen LogP contribution in [0.2, 0.25) is 0 Å². The van der Waals surface area contributed by atoms with Crippen LogP contribution in [-0.4, -0.2) is 52.4 Å². The third-order valence-corrected chi connectivity index (χ3v) is 5.40. The Morgan fingerprint density at radius 3 is 2.68 bits per heavy atom. The molecule has 1 aromatic rings. The fourth-order valence-electron chi connectivity index (χ4n) is 3.89. The lowest BCUT2D eigenvalue weighted by Gasteiger charge is -2.35. The second kappa shape index (κ2) is 5.41. The Morgan fingerprint density at radius 2 is 2.00 bits per heavy atom. The molecule has 0 radical (unpaired) electrons. The molecule has 6 nitrogen and oxygen atoms in total. The first-order valence-corrected chi connectivity index (χ1v) is 8.22. The Balaban J connectivity index is 1.51. The molecule has 0 spiro atoms. The van der Waals surface area contributed by atoms with Gasteiger partial charge in [0, 0.05) is 37.7 Å². The minimum atomic E-state index is -0.0682. The first-order chi connectivity index (χ1) is 10.7. The Kier molecular flexibility index (Phi) is 3.39. The zero-order chi connectivity index (χ0) is 15.1. The Labute approximate surface area is 129 Å². The van der Waals surface area contributed by atoms with Crippen molar-refractivity contribution in [3.8, 4) is 0 Å². The van der Waals surface area contributed by atoms with Crippen LogP contribution in [0.25, 0.3) is 0 Å². The summed E-state index contributed by atoms with van der Waals surface area (Å²) < 4.78 is 4.79. The number of piperidine rings is 1. The Hall–Kier alpha value is -1.85. The van der Waals surface area contributed by atoms with E-state index in [1.54, 1.807) is 6.07 Å². The van der Waals surface area contributed by atoms with Gasteiger partial charge in [-0.25, -0.2) is 0 Å². The molecule has 4 fully saturated rings. The van der Waals surface area contributed by atoms with Crippen LogP contribution < -0.4 is 0 Å². The SMILES string of the molecule is O=C(C1CCC1)N1C[C@@H]2CC[C@H](C1)N(C(=O)c1ccon1)C2. The van der Waals surface area contributed by atoms with Gasteiger partial charge in [-0.05, 0) is 31.6 Å². The van der Waals surface area contributed by atoms with Crippen molar-refractivity contribution >= 4 is 11.8 Å². The number of fused-ring (bicyclic) bond motifs is 4. The molecular formula is C16H21N3O3. The summed E-state index contributed by atoms with van der Waals surface area (Å²) in [6.07, 6.45) is 6.74. The highest BCUT2D eigenvalue weighted by molar-refractivity contribution is 5.92. The van der Waals surface area contributed by atoms with E-state index in [4.69, 9.17) is 4.52 Å². The largest absolute Gasteiger partial charge is 0.364 e. The molecule has 6 heteroatoms.